The zero-order valence-corrected chi connectivity index (χ0v) is 14.0. The second-order valence-corrected chi connectivity index (χ2v) is 7.44. The predicted octanol–water partition coefficient (Wildman–Crippen LogP) is 3.78. The minimum atomic E-state index is -0.538. The number of carbonyl (C=O) groups excluding carboxylic acids is 1. The molecule has 1 atom stereocenters. The monoisotopic (exact) mass is 353 g/mol. The third-order valence-electron chi connectivity index (χ3n) is 5.14. The van der Waals surface area contributed by atoms with Crippen molar-refractivity contribution in [3.8, 4) is 0 Å². The Morgan fingerprint density at radius 2 is 1.83 bits per heavy atom. The fourth-order valence-corrected chi connectivity index (χ4v) is 4.61. The van der Waals surface area contributed by atoms with Gasteiger partial charge < -0.3 is 4.74 Å². The van der Waals surface area contributed by atoms with E-state index in [4.69, 9.17) is 33.3 Å². The standard InChI is InChI=1S/C16H17Cl2N3O2/c17-11-5-12(18)7-13(6-11)21-14(19)8-16(23-15(21)22)9-20-3-1-10(16)2-4-20/h5-7,10,19H,1-4,8-9H2. The minimum Gasteiger partial charge on any atom is -0.440 e. The molecule has 4 aliphatic rings. The highest BCUT2D eigenvalue weighted by Gasteiger charge is 2.54. The van der Waals surface area contributed by atoms with E-state index < -0.39 is 11.7 Å². The summed E-state index contributed by atoms with van der Waals surface area (Å²) in [5.74, 6) is 0.593. The molecule has 4 heterocycles. The van der Waals surface area contributed by atoms with Gasteiger partial charge in [-0.05, 0) is 44.1 Å². The summed E-state index contributed by atoms with van der Waals surface area (Å²) in [6.45, 7) is 2.85. The average molecular weight is 354 g/mol. The Morgan fingerprint density at radius 1 is 1.17 bits per heavy atom. The molecule has 0 radical (unpaired) electrons. The second kappa shape index (κ2) is 5.36. The number of benzene rings is 1. The van der Waals surface area contributed by atoms with Gasteiger partial charge in [0.05, 0.1) is 5.69 Å². The number of ether oxygens (including phenoxy) is 1. The molecule has 4 saturated heterocycles. The fraction of sp³-hybridized carbons (Fsp3) is 0.500. The zero-order chi connectivity index (χ0) is 16.2. The van der Waals surface area contributed by atoms with Crippen molar-refractivity contribution in [3.63, 3.8) is 0 Å². The first-order valence-electron chi connectivity index (χ1n) is 7.76. The summed E-state index contributed by atoms with van der Waals surface area (Å²) in [7, 11) is 0. The molecule has 4 aliphatic heterocycles. The van der Waals surface area contributed by atoms with Crippen LogP contribution >= 0.6 is 23.2 Å². The van der Waals surface area contributed by atoms with Gasteiger partial charge in [0.1, 0.15) is 11.4 Å². The molecule has 23 heavy (non-hydrogen) atoms. The van der Waals surface area contributed by atoms with Gasteiger partial charge in [-0.25, -0.2) is 9.69 Å². The first-order chi connectivity index (χ1) is 11.0. The molecule has 2 bridgehead atoms. The third kappa shape index (κ3) is 2.51. The van der Waals surface area contributed by atoms with Crippen LogP contribution in [0.25, 0.3) is 0 Å². The first-order valence-corrected chi connectivity index (χ1v) is 8.51. The summed E-state index contributed by atoms with van der Waals surface area (Å²) in [5.41, 5.74) is -0.0580. The van der Waals surface area contributed by atoms with Crippen molar-refractivity contribution in [1.29, 1.82) is 5.41 Å². The molecule has 122 valence electrons. The van der Waals surface area contributed by atoms with E-state index in [-0.39, 0.29) is 5.84 Å². The van der Waals surface area contributed by atoms with Gasteiger partial charge in [0.15, 0.2) is 0 Å². The lowest BCUT2D eigenvalue weighted by atomic mass is 9.72. The Bertz CT molecular complexity index is 648. The SMILES string of the molecule is N=C1CC2(CN3CCC2CC3)OC(=O)N1c1cc(Cl)cc(Cl)c1. The highest BCUT2D eigenvalue weighted by molar-refractivity contribution is 6.35. The molecular formula is C16H17Cl2N3O2. The van der Waals surface area contributed by atoms with Crippen LogP contribution in [0.4, 0.5) is 10.5 Å². The average Bonchev–Trinajstić information content (AvgIpc) is 2.46. The predicted molar refractivity (Wildman–Crippen MR) is 89.7 cm³/mol. The molecule has 1 amide bonds. The normalized spacial score (nSPS) is 33.2. The number of nitrogens with zero attached hydrogens (tertiary/aromatic N) is 2. The summed E-state index contributed by atoms with van der Waals surface area (Å²) in [4.78, 5) is 16.2. The number of halogens is 2. The molecule has 5 nitrogen and oxygen atoms in total. The number of piperidine rings is 3. The number of anilines is 1. The van der Waals surface area contributed by atoms with Crippen LogP contribution in [0.3, 0.4) is 0 Å². The van der Waals surface area contributed by atoms with E-state index in [9.17, 15) is 4.79 Å². The number of hydrogen-bond donors (Lipinski definition) is 1. The summed E-state index contributed by atoms with van der Waals surface area (Å²) < 4.78 is 5.88. The molecule has 0 aliphatic carbocycles. The topological polar surface area (TPSA) is 56.6 Å². The smallest absolute Gasteiger partial charge is 0.420 e. The summed E-state index contributed by atoms with van der Waals surface area (Å²) in [6.07, 6.45) is 1.99. The second-order valence-electron chi connectivity index (χ2n) is 6.57. The summed E-state index contributed by atoms with van der Waals surface area (Å²) in [6, 6.07) is 4.84. The van der Waals surface area contributed by atoms with Crippen LogP contribution in [0, 0.1) is 11.3 Å². The van der Waals surface area contributed by atoms with Crippen molar-refractivity contribution >= 4 is 40.8 Å². The van der Waals surface area contributed by atoms with E-state index in [2.05, 4.69) is 4.90 Å². The number of hydrogen-bond acceptors (Lipinski definition) is 4. The molecular weight excluding hydrogens is 337 g/mol. The molecule has 7 heteroatoms. The zero-order valence-electron chi connectivity index (χ0n) is 12.5. The molecule has 0 saturated carbocycles. The summed E-state index contributed by atoms with van der Waals surface area (Å²) in [5, 5.41) is 9.27. The Balaban J connectivity index is 1.64. The molecule has 1 N–H and O–H groups in total. The lowest BCUT2D eigenvalue weighted by Gasteiger charge is -2.54. The van der Waals surface area contributed by atoms with Crippen LogP contribution in [0.5, 0.6) is 0 Å². The van der Waals surface area contributed by atoms with Gasteiger partial charge in [-0.2, -0.15) is 0 Å². The largest absolute Gasteiger partial charge is 0.440 e. The summed E-state index contributed by atoms with van der Waals surface area (Å²) >= 11 is 12.0. The molecule has 5 rings (SSSR count). The van der Waals surface area contributed by atoms with Gasteiger partial charge in [-0.15, -0.1) is 0 Å². The quantitative estimate of drug-likeness (QED) is 0.835. The number of amides is 1. The number of amidine groups is 1. The minimum absolute atomic E-state index is 0.244. The van der Waals surface area contributed by atoms with Gasteiger partial charge in [0.2, 0.25) is 0 Å². The van der Waals surface area contributed by atoms with Crippen molar-refractivity contribution in [3.05, 3.63) is 28.2 Å². The lowest BCUT2D eigenvalue weighted by molar-refractivity contribution is -0.113. The third-order valence-corrected chi connectivity index (χ3v) is 5.57. The fourth-order valence-electron chi connectivity index (χ4n) is 4.10. The molecule has 1 aromatic rings. The van der Waals surface area contributed by atoms with E-state index in [0.29, 0.717) is 28.1 Å². The van der Waals surface area contributed by atoms with E-state index in [1.54, 1.807) is 18.2 Å². The Labute approximate surface area is 144 Å². The first kappa shape index (κ1) is 15.2. The van der Waals surface area contributed by atoms with Crippen molar-refractivity contribution in [1.82, 2.24) is 4.90 Å². The highest BCUT2D eigenvalue weighted by Crippen LogP contribution is 2.44. The Kier molecular flexibility index (Phi) is 3.55. The van der Waals surface area contributed by atoms with Crippen LogP contribution in [-0.4, -0.2) is 42.1 Å². The van der Waals surface area contributed by atoms with Crippen molar-refractivity contribution in [2.75, 3.05) is 24.5 Å². The van der Waals surface area contributed by atoms with Gasteiger partial charge in [-0.3, -0.25) is 10.3 Å². The van der Waals surface area contributed by atoms with Crippen LogP contribution < -0.4 is 4.90 Å². The van der Waals surface area contributed by atoms with Crippen LogP contribution in [0.1, 0.15) is 19.3 Å². The van der Waals surface area contributed by atoms with Crippen molar-refractivity contribution in [2.24, 2.45) is 5.92 Å². The maximum absolute atomic E-state index is 12.6. The Morgan fingerprint density at radius 3 is 2.35 bits per heavy atom. The number of nitrogens with one attached hydrogen (secondary N) is 1. The molecule has 4 fully saturated rings. The van der Waals surface area contributed by atoms with Gasteiger partial charge in [0.25, 0.3) is 0 Å². The number of fused-ring (bicyclic) bond motifs is 2. The maximum atomic E-state index is 12.6. The molecule has 1 aromatic carbocycles. The van der Waals surface area contributed by atoms with Gasteiger partial charge >= 0.3 is 6.09 Å². The van der Waals surface area contributed by atoms with E-state index in [1.807, 2.05) is 0 Å². The highest BCUT2D eigenvalue weighted by atomic mass is 35.5. The van der Waals surface area contributed by atoms with Gasteiger partial charge in [0, 0.05) is 28.9 Å². The number of carbonyl (C=O) groups is 1. The van der Waals surface area contributed by atoms with E-state index in [0.717, 1.165) is 32.5 Å². The molecule has 1 unspecified atom stereocenters. The lowest BCUT2D eigenvalue weighted by Crippen LogP contribution is -2.66. The van der Waals surface area contributed by atoms with E-state index >= 15 is 0 Å². The van der Waals surface area contributed by atoms with Crippen LogP contribution in [-0.2, 0) is 4.74 Å². The van der Waals surface area contributed by atoms with E-state index in [1.165, 1.54) is 4.90 Å². The van der Waals surface area contributed by atoms with Gasteiger partial charge in [-0.1, -0.05) is 23.2 Å². The molecule has 0 aromatic heterocycles. The maximum Gasteiger partial charge on any atom is 0.420 e. The molecule has 1 spiro atoms. The van der Waals surface area contributed by atoms with Crippen LogP contribution in [0.2, 0.25) is 10.0 Å². The number of rotatable bonds is 1. The van der Waals surface area contributed by atoms with Crippen molar-refractivity contribution in [2.45, 2.75) is 24.9 Å². The van der Waals surface area contributed by atoms with Crippen LogP contribution in [0.15, 0.2) is 18.2 Å². The van der Waals surface area contributed by atoms with Crippen molar-refractivity contribution < 1.29 is 9.53 Å². The Hall–Kier alpha value is -1.30.